The molecule has 12 heteroatoms. The van der Waals surface area contributed by atoms with Crippen LogP contribution in [-0.2, 0) is 6.18 Å². The Morgan fingerprint density at radius 1 is 1.13 bits per heavy atom. The van der Waals surface area contributed by atoms with Gasteiger partial charge < -0.3 is 9.84 Å². The molecule has 0 bridgehead atoms. The van der Waals surface area contributed by atoms with E-state index in [0.717, 1.165) is 6.07 Å². The Bertz CT molecular complexity index is 1250. The zero-order chi connectivity index (χ0) is 21.5. The van der Waals surface area contributed by atoms with Gasteiger partial charge in [-0.05, 0) is 32.0 Å². The number of anilines is 3. The van der Waals surface area contributed by atoms with Crippen molar-refractivity contribution >= 4 is 29.1 Å². The Morgan fingerprint density at radius 2 is 1.90 bits per heavy atom. The number of carbonyl (C=O) groups is 1. The number of halogens is 3. The number of nitrogens with zero attached hydrogens (tertiary/aromatic N) is 5. The highest BCUT2D eigenvalue weighted by Crippen LogP contribution is 2.28. The van der Waals surface area contributed by atoms with E-state index in [2.05, 4.69) is 30.9 Å². The lowest BCUT2D eigenvalue weighted by Crippen LogP contribution is -2.12. The summed E-state index contributed by atoms with van der Waals surface area (Å²) >= 11 is 0. The fourth-order valence-electron chi connectivity index (χ4n) is 2.59. The maximum atomic E-state index is 12.8. The van der Waals surface area contributed by atoms with Crippen LogP contribution < -0.4 is 10.6 Å². The SMILES string of the molecule is Cc1noc(NC(=O)c2cnn3ccc(Nc4cccc(C(F)(F)F)n4)nc23)c1C. The molecule has 0 spiro atoms. The van der Waals surface area contributed by atoms with Crippen molar-refractivity contribution in [1.82, 2.24) is 24.7 Å². The van der Waals surface area contributed by atoms with Gasteiger partial charge in [0.2, 0.25) is 5.88 Å². The molecular formula is C18H14F3N7O2. The summed E-state index contributed by atoms with van der Waals surface area (Å²) in [5, 5.41) is 13.1. The molecule has 0 saturated carbocycles. The van der Waals surface area contributed by atoms with Gasteiger partial charge in [0, 0.05) is 11.8 Å². The Labute approximate surface area is 166 Å². The molecule has 0 fully saturated rings. The number of fused-ring (bicyclic) bond motifs is 1. The van der Waals surface area contributed by atoms with Gasteiger partial charge in [0.15, 0.2) is 5.65 Å². The highest BCUT2D eigenvalue weighted by molar-refractivity contribution is 6.07. The number of aromatic nitrogens is 5. The number of hydrogen-bond donors (Lipinski definition) is 2. The van der Waals surface area contributed by atoms with Crippen molar-refractivity contribution in [2.45, 2.75) is 20.0 Å². The summed E-state index contributed by atoms with van der Waals surface area (Å²) in [6, 6.07) is 4.97. The molecule has 0 aromatic carbocycles. The summed E-state index contributed by atoms with van der Waals surface area (Å²) < 4.78 is 45.0. The van der Waals surface area contributed by atoms with E-state index in [9.17, 15) is 18.0 Å². The molecule has 1 amide bonds. The molecule has 0 atom stereocenters. The quantitative estimate of drug-likeness (QED) is 0.520. The van der Waals surface area contributed by atoms with Gasteiger partial charge in [-0.2, -0.15) is 18.3 Å². The molecule has 0 saturated heterocycles. The van der Waals surface area contributed by atoms with Crippen molar-refractivity contribution < 1.29 is 22.5 Å². The fraction of sp³-hybridized carbons (Fsp3) is 0.167. The Kier molecular flexibility index (Phi) is 4.60. The molecule has 9 nitrogen and oxygen atoms in total. The van der Waals surface area contributed by atoms with Crippen LogP contribution >= 0.6 is 0 Å². The van der Waals surface area contributed by atoms with Crippen LogP contribution in [0.4, 0.5) is 30.7 Å². The summed E-state index contributed by atoms with van der Waals surface area (Å²) in [4.78, 5) is 20.4. The third-order valence-corrected chi connectivity index (χ3v) is 4.29. The fourth-order valence-corrected chi connectivity index (χ4v) is 2.59. The smallest absolute Gasteiger partial charge is 0.338 e. The average Bonchev–Trinajstić information content (AvgIpc) is 3.26. The van der Waals surface area contributed by atoms with E-state index >= 15 is 0 Å². The van der Waals surface area contributed by atoms with Crippen LogP contribution in [0.2, 0.25) is 0 Å². The predicted octanol–water partition coefficient (Wildman–Crippen LogP) is 3.74. The summed E-state index contributed by atoms with van der Waals surface area (Å²) in [6.45, 7) is 3.49. The minimum atomic E-state index is -4.57. The summed E-state index contributed by atoms with van der Waals surface area (Å²) in [6.07, 6.45) is -1.73. The highest BCUT2D eigenvalue weighted by Gasteiger charge is 2.32. The lowest BCUT2D eigenvalue weighted by molar-refractivity contribution is -0.141. The number of amides is 1. The summed E-state index contributed by atoms with van der Waals surface area (Å²) in [7, 11) is 0. The summed E-state index contributed by atoms with van der Waals surface area (Å²) in [5.74, 6) is -0.166. The van der Waals surface area contributed by atoms with Crippen molar-refractivity contribution in [2.24, 2.45) is 0 Å². The maximum absolute atomic E-state index is 12.8. The van der Waals surface area contributed by atoms with Crippen LogP contribution in [0.25, 0.3) is 5.65 Å². The Balaban J connectivity index is 1.62. The second kappa shape index (κ2) is 7.13. The Morgan fingerprint density at radius 3 is 2.60 bits per heavy atom. The third-order valence-electron chi connectivity index (χ3n) is 4.29. The van der Waals surface area contributed by atoms with Crippen LogP contribution in [0.15, 0.2) is 41.2 Å². The number of nitrogens with one attached hydrogen (secondary N) is 2. The van der Waals surface area contributed by atoms with Gasteiger partial charge in [0.1, 0.15) is 22.9 Å². The van der Waals surface area contributed by atoms with E-state index in [1.54, 1.807) is 13.8 Å². The van der Waals surface area contributed by atoms with Crippen molar-refractivity contribution in [3.05, 3.63) is 59.2 Å². The van der Waals surface area contributed by atoms with E-state index in [1.807, 2.05) is 0 Å². The van der Waals surface area contributed by atoms with Crippen LogP contribution in [0.5, 0.6) is 0 Å². The van der Waals surface area contributed by atoms with E-state index < -0.39 is 17.8 Å². The molecule has 0 aliphatic heterocycles. The second-order valence-corrected chi connectivity index (χ2v) is 6.35. The normalized spacial score (nSPS) is 11.6. The molecule has 30 heavy (non-hydrogen) atoms. The van der Waals surface area contributed by atoms with Gasteiger partial charge >= 0.3 is 6.18 Å². The molecule has 4 heterocycles. The lowest BCUT2D eigenvalue weighted by atomic mass is 10.2. The van der Waals surface area contributed by atoms with E-state index in [4.69, 9.17) is 4.52 Å². The standard InChI is InChI=1S/C18H14F3N7O2/c1-9-10(2)27-30-17(9)26-16(29)11-8-22-28-7-6-14(25-15(11)28)24-13-5-3-4-12(23-13)18(19,20)21/h3-8H,1-2H3,(H,26,29)(H,23,24,25). The molecular weight excluding hydrogens is 403 g/mol. The number of alkyl halides is 3. The van der Waals surface area contributed by atoms with Gasteiger partial charge in [0.05, 0.1) is 11.9 Å². The second-order valence-electron chi connectivity index (χ2n) is 6.35. The van der Waals surface area contributed by atoms with Crippen LogP contribution in [0.1, 0.15) is 27.3 Å². The third kappa shape index (κ3) is 3.66. The highest BCUT2D eigenvalue weighted by atomic mass is 19.4. The molecule has 0 aliphatic rings. The van der Waals surface area contributed by atoms with Crippen LogP contribution in [0, 0.1) is 13.8 Å². The van der Waals surface area contributed by atoms with E-state index in [1.165, 1.54) is 35.1 Å². The Hall–Kier alpha value is -3.96. The molecule has 154 valence electrons. The number of aryl methyl sites for hydroxylation is 1. The van der Waals surface area contributed by atoms with Gasteiger partial charge in [-0.25, -0.2) is 14.5 Å². The molecule has 2 N–H and O–H groups in total. The first-order valence-corrected chi connectivity index (χ1v) is 8.62. The van der Waals surface area contributed by atoms with Gasteiger partial charge in [0.25, 0.3) is 5.91 Å². The minimum Gasteiger partial charge on any atom is -0.338 e. The van der Waals surface area contributed by atoms with E-state index in [0.29, 0.717) is 11.3 Å². The van der Waals surface area contributed by atoms with Crippen LogP contribution in [-0.4, -0.2) is 30.6 Å². The lowest BCUT2D eigenvalue weighted by Gasteiger charge is -2.09. The van der Waals surface area contributed by atoms with Gasteiger partial charge in [-0.1, -0.05) is 11.2 Å². The van der Waals surface area contributed by atoms with Crippen molar-refractivity contribution in [2.75, 3.05) is 10.6 Å². The maximum Gasteiger partial charge on any atom is 0.433 e. The number of rotatable bonds is 4. The average molecular weight is 417 g/mol. The first-order valence-electron chi connectivity index (χ1n) is 8.62. The zero-order valence-corrected chi connectivity index (χ0v) is 15.7. The predicted molar refractivity (Wildman–Crippen MR) is 99.4 cm³/mol. The minimum absolute atomic E-state index is 0.0417. The van der Waals surface area contributed by atoms with Crippen LogP contribution in [0.3, 0.4) is 0 Å². The largest absolute Gasteiger partial charge is 0.433 e. The van der Waals surface area contributed by atoms with Crippen molar-refractivity contribution in [1.29, 1.82) is 0 Å². The first kappa shape index (κ1) is 19.4. The summed E-state index contributed by atoms with van der Waals surface area (Å²) in [5.41, 5.74) is 0.632. The topological polar surface area (TPSA) is 110 Å². The molecule has 0 unspecified atom stereocenters. The van der Waals surface area contributed by atoms with Gasteiger partial charge in [-0.15, -0.1) is 0 Å². The first-order chi connectivity index (χ1) is 14.2. The van der Waals surface area contributed by atoms with Crippen molar-refractivity contribution in [3.63, 3.8) is 0 Å². The number of carbonyl (C=O) groups excluding carboxylic acids is 1. The molecule has 4 rings (SSSR count). The number of pyridine rings is 1. The molecule has 4 aromatic rings. The molecule has 0 radical (unpaired) electrons. The number of hydrogen-bond acceptors (Lipinski definition) is 7. The monoisotopic (exact) mass is 417 g/mol. The molecule has 0 aliphatic carbocycles. The van der Waals surface area contributed by atoms with Gasteiger partial charge in [-0.3, -0.25) is 10.1 Å². The van der Waals surface area contributed by atoms with Crippen molar-refractivity contribution in [3.8, 4) is 0 Å². The zero-order valence-electron chi connectivity index (χ0n) is 15.7. The van der Waals surface area contributed by atoms with E-state index in [-0.39, 0.29) is 28.7 Å². The molecule has 4 aromatic heterocycles.